The van der Waals surface area contributed by atoms with E-state index in [1.807, 2.05) is 0 Å². The van der Waals surface area contributed by atoms with E-state index in [4.69, 9.17) is 9.94 Å². The molecule has 0 aliphatic rings. The number of aliphatic hydroxyl groups is 1. The van der Waals surface area contributed by atoms with Crippen molar-refractivity contribution in [2.45, 2.75) is 39.0 Å². The molecule has 3 heteroatoms. The van der Waals surface area contributed by atoms with Gasteiger partial charge in [-0.15, -0.1) is 0 Å². The molecule has 0 amide bonds. The van der Waals surface area contributed by atoms with Gasteiger partial charge in [-0.05, 0) is 19.3 Å². The van der Waals surface area contributed by atoms with Crippen LogP contribution < -0.4 is 5.48 Å². The maximum absolute atomic E-state index is 8.50. The topological polar surface area (TPSA) is 41.5 Å². The Labute approximate surface area is 75.1 Å². The van der Waals surface area contributed by atoms with E-state index in [9.17, 15) is 0 Å². The summed E-state index contributed by atoms with van der Waals surface area (Å²) in [4.78, 5) is 5.14. The summed E-state index contributed by atoms with van der Waals surface area (Å²) < 4.78 is 0. The summed E-state index contributed by atoms with van der Waals surface area (Å²) in [6.07, 6.45) is 5.35. The molecule has 0 saturated carbocycles. The maximum Gasteiger partial charge on any atom is 0.0682 e. The van der Waals surface area contributed by atoms with Crippen molar-refractivity contribution in [3.63, 3.8) is 0 Å². The fourth-order valence-electron chi connectivity index (χ4n) is 0.886. The molecule has 0 saturated heterocycles. The highest BCUT2D eigenvalue weighted by Gasteiger charge is 1.89. The predicted molar refractivity (Wildman–Crippen MR) is 49.8 cm³/mol. The van der Waals surface area contributed by atoms with Crippen LogP contribution in [0.2, 0.25) is 0 Å². The van der Waals surface area contributed by atoms with E-state index < -0.39 is 0 Å². The van der Waals surface area contributed by atoms with Gasteiger partial charge in [0.2, 0.25) is 0 Å². The second-order valence-electron chi connectivity index (χ2n) is 2.88. The first-order valence-electron chi connectivity index (χ1n) is 4.87. The van der Waals surface area contributed by atoms with E-state index in [1.54, 1.807) is 0 Å². The Kier molecular flexibility index (Phi) is 10.8. The summed E-state index contributed by atoms with van der Waals surface area (Å²) in [5.41, 5.74) is 2.88. The lowest BCUT2D eigenvalue weighted by Gasteiger charge is -2.03. The molecule has 0 unspecified atom stereocenters. The van der Waals surface area contributed by atoms with Crippen LogP contribution >= 0.6 is 0 Å². The van der Waals surface area contributed by atoms with Crippen molar-refractivity contribution in [1.29, 1.82) is 0 Å². The minimum absolute atomic E-state index is 0.314. The molecule has 0 fully saturated rings. The van der Waals surface area contributed by atoms with Crippen molar-refractivity contribution in [3.8, 4) is 0 Å². The molecular formula is C9H21NO2. The molecule has 0 atom stereocenters. The van der Waals surface area contributed by atoms with Crippen molar-refractivity contribution >= 4 is 0 Å². The Morgan fingerprint density at radius 3 is 2.58 bits per heavy atom. The van der Waals surface area contributed by atoms with E-state index in [2.05, 4.69) is 12.4 Å². The van der Waals surface area contributed by atoms with Gasteiger partial charge in [-0.25, -0.2) is 5.48 Å². The molecule has 0 radical (unpaired) electrons. The van der Waals surface area contributed by atoms with Crippen LogP contribution in [0.4, 0.5) is 0 Å². The van der Waals surface area contributed by atoms with Gasteiger partial charge in [0, 0.05) is 13.2 Å². The van der Waals surface area contributed by atoms with Crippen LogP contribution in [0.5, 0.6) is 0 Å². The van der Waals surface area contributed by atoms with Crippen LogP contribution in [-0.4, -0.2) is 24.9 Å². The third kappa shape index (κ3) is 9.88. The number of hydrogen-bond donors (Lipinski definition) is 2. The summed E-state index contributed by atoms with van der Waals surface area (Å²) >= 11 is 0. The van der Waals surface area contributed by atoms with Gasteiger partial charge in [-0.2, -0.15) is 0 Å². The third-order valence-corrected chi connectivity index (χ3v) is 1.61. The predicted octanol–water partition coefficient (Wildman–Crippen LogP) is 1.47. The van der Waals surface area contributed by atoms with Crippen LogP contribution in [0.3, 0.4) is 0 Å². The highest BCUT2D eigenvalue weighted by molar-refractivity contribution is 4.40. The first-order chi connectivity index (χ1) is 5.91. The molecule has 2 N–H and O–H groups in total. The molecule has 0 aliphatic heterocycles. The fourth-order valence-corrected chi connectivity index (χ4v) is 0.886. The SMILES string of the molecule is CCCNOCCCCCCO. The lowest BCUT2D eigenvalue weighted by atomic mass is 10.2. The number of hydrogen-bond acceptors (Lipinski definition) is 3. The normalized spacial score (nSPS) is 10.5. The maximum atomic E-state index is 8.50. The van der Waals surface area contributed by atoms with E-state index in [0.717, 1.165) is 45.3 Å². The lowest BCUT2D eigenvalue weighted by Crippen LogP contribution is -2.15. The quantitative estimate of drug-likeness (QED) is 0.412. The molecule has 0 bridgehead atoms. The third-order valence-electron chi connectivity index (χ3n) is 1.61. The number of hydroxylamine groups is 1. The van der Waals surface area contributed by atoms with Gasteiger partial charge in [-0.3, -0.25) is 0 Å². The largest absolute Gasteiger partial charge is 0.396 e. The van der Waals surface area contributed by atoms with Gasteiger partial charge < -0.3 is 9.94 Å². The Morgan fingerprint density at radius 1 is 1.17 bits per heavy atom. The zero-order chi connectivity index (χ0) is 9.07. The Bertz CT molecular complexity index is 68.9. The number of aliphatic hydroxyl groups excluding tert-OH is 1. The molecule has 12 heavy (non-hydrogen) atoms. The number of unbranched alkanes of at least 4 members (excludes halogenated alkanes) is 3. The molecule has 74 valence electrons. The van der Waals surface area contributed by atoms with Gasteiger partial charge in [0.15, 0.2) is 0 Å². The van der Waals surface area contributed by atoms with Crippen molar-refractivity contribution in [3.05, 3.63) is 0 Å². The average Bonchev–Trinajstić information content (AvgIpc) is 2.10. The molecular weight excluding hydrogens is 154 g/mol. The molecule has 0 aromatic carbocycles. The molecule has 0 aromatic rings. The smallest absolute Gasteiger partial charge is 0.0682 e. The van der Waals surface area contributed by atoms with Crippen molar-refractivity contribution < 1.29 is 9.94 Å². The van der Waals surface area contributed by atoms with Gasteiger partial charge >= 0.3 is 0 Å². The fraction of sp³-hybridized carbons (Fsp3) is 1.00. The Balaban J connectivity index is 2.73. The van der Waals surface area contributed by atoms with Crippen molar-refractivity contribution in [2.75, 3.05) is 19.8 Å². The van der Waals surface area contributed by atoms with Gasteiger partial charge in [-0.1, -0.05) is 19.8 Å². The molecule has 0 rings (SSSR count). The molecule has 3 nitrogen and oxygen atoms in total. The summed E-state index contributed by atoms with van der Waals surface area (Å²) in [5.74, 6) is 0. The van der Waals surface area contributed by atoms with E-state index in [1.165, 1.54) is 0 Å². The van der Waals surface area contributed by atoms with E-state index in [0.29, 0.717) is 6.61 Å². The van der Waals surface area contributed by atoms with Crippen LogP contribution in [-0.2, 0) is 4.84 Å². The van der Waals surface area contributed by atoms with Gasteiger partial charge in [0.1, 0.15) is 0 Å². The molecule has 0 spiro atoms. The van der Waals surface area contributed by atoms with Crippen molar-refractivity contribution in [2.24, 2.45) is 0 Å². The summed E-state index contributed by atoms with van der Waals surface area (Å²) in [5, 5.41) is 8.50. The lowest BCUT2D eigenvalue weighted by molar-refractivity contribution is 0.0386. The molecule has 0 aromatic heterocycles. The second-order valence-corrected chi connectivity index (χ2v) is 2.88. The first-order valence-corrected chi connectivity index (χ1v) is 4.87. The Morgan fingerprint density at radius 2 is 1.92 bits per heavy atom. The van der Waals surface area contributed by atoms with E-state index in [-0.39, 0.29) is 0 Å². The van der Waals surface area contributed by atoms with Gasteiger partial charge in [0.05, 0.1) is 6.61 Å². The minimum Gasteiger partial charge on any atom is -0.396 e. The van der Waals surface area contributed by atoms with Crippen LogP contribution in [0, 0.1) is 0 Å². The first kappa shape index (κ1) is 11.9. The molecule has 0 aliphatic carbocycles. The summed E-state index contributed by atoms with van der Waals surface area (Å²) in [7, 11) is 0. The monoisotopic (exact) mass is 175 g/mol. The zero-order valence-electron chi connectivity index (χ0n) is 8.01. The highest BCUT2D eigenvalue weighted by atomic mass is 16.6. The highest BCUT2D eigenvalue weighted by Crippen LogP contribution is 1.98. The zero-order valence-corrected chi connectivity index (χ0v) is 8.01. The van der Waals surface area contributed by atoms with Crippen LogP contribution in [0.1, 0.15) is 39.0 Å². The standard InChI is InChI=1S/C9H21NO2/c1-2-7-10-12-9-6-4-3-5-8-11/h10-11H,2-9H2,1H3. The summed E-state index contributed by atoms with van der Waals surface area (Å²) in [6, 6.07) is 0. The minimum atomic E-state index is 0.314. The van der Waals surface area contributed by atoms with Crippen LogP contribution in [0.25, 0.3) is 0 Å². The van der Waals surface area contributed by atoms with Gasteiger partial charge in [0.25, 0.3) is 0 Å². The second kappa shape index (κ2) is 10.9. The molecule has 0 heterocycles. The average molecular weight is 175 g/mol. The number of rotatable bonds is 9. The van der Waals surface area contributed by atoms with Crippen molar-refractivity contribution in [1.82, 2.24) is 5.48 Å². The van der Waals surface area contributed by atoms with E-state index >= 15 is 0 Å². The number of nitrogens with one attached hydrogen (secondary N) is 1. The van der Waals surface area contributed by atoms with Crippen LogP contribution in [0.15, 0.2) is 0 Å². The summed E-state index contributed by atoms with van der Waals surface area (Å²) in [6.45, 7) is 4.13. The Hall–Kier alpha value is -0.120.